The zero-order valence-electron chi connectivity index (χ0n) is 21.0. The summed E-state index contributed by atoms with van der Waals surface area (Å²) in [4.78, 5) is 45.4. The molecule has 0 saturated carbocycles. The van der Waals surface area contributed by atoms with Crippen molar-refractivity contribution in [3.8, 4) is 0 Å². The third-order valence-corrected chi connectivity index (χ3v) is 7.71. The van der Waals surface area contributed by atoms with E-state index in [1.54, 1.807) is 24.1 Å². The van der Waals surface area contributed by atoms with Gasteiger partial charge in [0.2, 0.25) is 5.91 Å². The number of hydrogen-bond donors (Lipinski definition) is 0. The maximum absolute atomic E-state index is 13.7. The fourth-order valence-electron chi connectivity index (χ4n) is 5.81. The van der Waals surface area contributed by atoms with Gasteiger partial charge in [-0.2, -0.15) is 0 Å². The lowest BCUT2D eigenvalue weighted by Gasteiger charge is -2.37. The Morgan fingerprint density at radius 3 is 2.76 bits per heavy atom. The minimum Gasteiger partial charge on any atom is -0.376 e. The van der Waals surface area contributed by atoms with E-state index < -0.39 is 0 Å². The Morgan fingerprint density at radius 2 is 1.92 bits per heavy atom. The van der Waals surface area contributed by atoms with E-state index in [2.05, 4.69) is 4.90 Å². The normalized spacial score (nSPS) is 23.3. The first-order valence-electron chi connectivity index (χ1n) is 12.9. The second-order valence-corrected chi connectivity index (χ2v) is 10.2. The number of carbonyl (C=O) groups excluding carboxylic acids is 3. The van der Waals surface area contributed by atoms with Crippen molar-refractivity contribution in [1.29, 1.82) is 0 Å². The standard InChI is InChI=1S/C28H31N3O6/c1-29(14-22-17-35-10-11-37-22)26(32)18-4-3-9-30(13-18)24-6-2-5-23-25(24)28(34)31(27(23)33)21-8-7-19-15-36-16-20(19)12-21/h2,5-8,12,18,22H,3-4,9-11,13-17H2,1H3/t18-,22+/m0/s1. The van der Waals surface area contributed by atoms with Crippen LogP contribution in [-0.4, -0.2) is 75.2 Å². The molecule has 194 valence electrons. The fourth-order valence-corrected chi connectivity index (χ4v) is 5.81. The van der Waals surface area contributed by atoms with Gasteiger partial charge < -0.3 is 24.0 Å². The molecule has 4 heterocycles. The molecule has 0 aliphatic carbocycles. The number of imide groups is 1. The van der Waals surface area contributed by atoms with Gasteiger partial charge in [-0.15, -0.1) is 0 Å². The van der Waals surface area contributed by atoms with Crippen LogP contribution in [0.1, 0.15) is 44.7 Å². The number of anilines is 2. The van der Waals surface area contributed by atoms with Crippen LogP contribution < -0.4 is 9.80 Å². The van der Waals surface area contributed by atoms with Crippen molar-refractivity contribution < 1.29 is 28.6 Å². The molecule has 0 radical (unpaired) electrons. The Hall–Kier alpha value is -3.27. The summed E-state index contributed by atoms with van der Waals surface area (Å²) in [5, 5.41) is 0. The van der Waals surface area contributed by atoms with Gasteiger partial charge in [0, 0.05) is 26.7 Å². The monoisotopic (exact) mass is 505 g/mol. The van der Waals surface area contributed by atoms with Gasteiger partial charge in [-0.3, -0.25) is 14.4 Å². The SMILES string of the molecule is CN(C[C@@H]1COCCO1)C(=O)[C@H]1CCCN(c2cccc3c2C(=O)N(c2ccc4c(c2)COC4)C3=O)C1. The average molecular weight is 506 g/mol. The molecule has 6 rings (SSSR count). The van der Waals surface area contributed by atoms with Gasteiger partial charge in [0.15, 0.2) is 0 Å². The maximum atomic E-state index is 13.7. The van der Waals surface area contributed by atoms with Crippen LogP contribution in [0.4, 0.5) is 11.4 Å². The molecule has 2 atom stereocenters. The largest absolute Gasteiger partial charge is 0.376 e. The van der Waals surface area contributed by atoms with E-state index in [4.69, 9.17) is 14.2 Å². The van der Waals surface area contributed by atoms with Gasteiger partial charge in [0.1, 0.15) is 0 Å². The fraction of sp³-hybridized carbons (Fsp3) is 0.464. The first-order valence-corrected chi connectivity index (χ1v) is 12.9. The smallest absolute Gasteiger partial charge is 0.268 e. The van der Waals surface area contributed by atoms with Crippen molar-refractivity contribution in [2.24, 2.45) is 5.92 Å². The Morgan fingerprint density at radius 1 is 1.05 bits per heavy atom. The van der Waals surface area contributed by atoms with Crippen molar-refractivity contribution in [2.75, 3.05) is 56.3 Å². The van der Waals surface area contributed by atoms with Crippen molar-refractivity contribution in [3.05, 3.63) is 58.7 Å². The number of hydrogen-bond acceptors (Lipinski definition) is 7. The van der Waals surface area contributed by atoms with Crippen molar-refractivity contribution in [3.63, 3.8) is 0 Å². The molecule has 2 aromatic rings. The average Bonchev–Trinajstić information content (AvgIpc) is 3.50. The predicted molar refractivity (Wildman–Crippen MR) is 136 cm³/mol. The summed E-state index contributed by atoms with van der Waals surface area (Å²) in [6.07, 6.45) is 1.50. The Labute approximate surface area is 215 Å². The summed E-state index contributed by atoms with van der Waals surface area (Å²) in [7, 11) is 1.81. The lowest BCUT2D eigenvalue weighted by atomic mass is 9.95. The molecule has 3 amide bonds. The van der Waals surface area contributed by atoms with Crippen LogP contribution >= 0.6 is 0 Å². The molecule has 4 aliphatic heterocycles. The van der Waals surface area contributed by atoms with Gasteiger partial charge >= 0.3 is 0 Å². The van der Waals surface area contributed by atoms with Crippen LogP contribution in [0.15, 0.2) is 36.4 Å². The van der Waals surface area contributed by atoms with Crippen molar-refractivity contribution >= 4 is 29.1 Å². The minimum absolute atomic E-state index is 0.0656. The first-order chi connectivity index (χ1) is 18.0. The van der Waals surface area contributed by atoms with E-state index >= 15 is 0 Å². The van der Waals surface area contributed by atoms with E-state index in [1.165, 1.54) is 4.90 Å². The molecular weight excluding hydrogens is 474 g/mol. The third kappa shape index (κ3) is 4.41. The van der Waals surface area contributed by atoms with Crippen molar-refractivity contribution in [1.82, 2.24) is 4.90 Å². The van der Waals surface area contributed by atoms with Gasteiger partial charge in [-0.05, 0) is 48.2 Å². The molecular formula is C28H31N3O6. The molecule has 2 fully saturated rings. The molecule has 2 saturated heterocycles. The van der Waals surface area contributed by atoms with Gasteiger partial charge in [-0.1, -0.05) is 12.1 Å². The van der Waals surface area contributed by atoms with Crippen LogP contribution in [0.5, 0.6) is 0 Å². The van der Waals surface area contributed by atoms with Gasteiger partial charge in [0.25, 0.3) is 11.8 Å². The van der Waals surface area contributed by atoms with Crippen LogP contribution in [0, 0.1) is 5.92 Å². The molecule has 0 aromatic heterocycles. The third-order valence-electron chi connectivity index (χ3n) is 7.71. The molecule has 2 aromatic carbocycles. The highest BCUT2D eigenvalue weighted by Gasteiger charge is 2.41. The zero-order valence-corrected chi connectivity index (χ0v) is 21.0. The van der Waals surface area contributed by atoms with Crippen LogP contribution in [-0.2, 0) is 32.2 Å². The summed E-state index contributed by atoms with van der Waals surface area (Å²) < 4.78 is 16.7. The highest BCUT2D eigenvalue weighted by molar-refractivity contribution is 6.36. The summed E-state index contributed by atoms with van der Waals surface area (Å²) in [5.74, 6) is -0.774. The number of rotatable bonds is 5. The minimum atomic E-state index is -0.325. The number of benzene rings is 2. The highest BCUT2D eigenvalue weighted by atomic mass is 16.6. The molecule has 9 heteroatoms. The predicted octanol–water partition coefficient (Wildman–Crippen LogP) is 2.61. The number of ether oxygens (including phenoxy) is 3. The Balaban J connectivity index is 1.21. The summed E-state index contributed by atoms with van der Waals surface area (Å²) in [6.45, 7) is 4.37. The Kier molecular flexibility index (Phi) is 6.44. The maximum Gasteiger partial charge on any atom is 0.268 e. The molecule has 9 nitrogen and oxygen atoms in total. The Bertz CT molecular complexity index is 1240. The highest BCUT2D eigenvalue weighted by Crippen LogP contribution is 2.37. The second-order valence-electron chi connectivity index (χ2n) is 10.2. The number of piperidine rings is 1. The lowest BCUT2D eigenvalue weighted by molar-refractivity contribution is -0.140. The molecule has 4 aliphatic rings. The number of fused-ring (bicyclic) bond motifs is 2. The first kappa shape index (κ1) is 24.1. The van der Waals surface area contributed by atoms with Gasteiger partial charge in [0.05, 0.1) is 67.6 Å². The molecule has 0 unspecified atom stereocenters. The molecule has 0 bridgehead atoms. The van der Waals surface area contributed by atoms with Crippen LogP contribution in [0.25, 0.3) is 0 Å². The van der Waals surface area contributed by atoms with E-state index in [1.807, 2.05) is 24.3 Å². The van der Waals surface area contributed by atoms with E-state index in [0.29, 0.717) is 68.6 Å². The summed E-state index contributed by atoms with van der Waals surface area (Å²) >= 11 is 0. The number of likely N-dealkylation sites (N-methyl/N-ethyl adjacent to an activating group) is 1. The van der Waals surface area contributed by atoms with Crippen molar-refractivity contribution in [2.45, 2.75) is 32.2 Å². The second kappa shape index (κ2) is 9.89. The summed E-state index contributed by atoms with van der Waals surface area (Å²) in [6, 6.07) is 11.0. The molecule has 37 heavy (non-hydrogen) atoms. The number of carbonyl (C=O) groups is 3. The lowest BCUT2D eigenvalue weighted by Crippen LogP contribution is -2.47. The topological polar surface area (TPSA) is 88.6 Å². The number of nitrogens with zero attached hydrogens (tertiary/aromatic N) is 3. The molecule has 0 N–H and O–H groups in total. The van der Waals surface area contributed by atoms with E-state index in [-0.39, 0.29) is 29.7 Å². The van der Waals surface area contributed by atoms with E-state index in [9.17, 15) is 14.4 Å². The number of amides is 3. The summed E-state index contributed by atoms with van der Waals surface area (Å²) in [5.41, 5.74) is 4.17. The van der Waals surface area contributed by atoms with Crippen LogP contribution in [0.2, 0.25) is 0 Å². The quantitative estimate of drug-likeness (QED) is 0.577. The molecule has 0 spiro atoms. The van der Waals surface area contributed by atoms with Crippen LogP contribution in [0.3, 0.4) is 0 Å². The zero-order chi connectivity index (χ0) is 25.5. The van der Waals surface area contributed by atoms with E-state index in [0.717, 1.165) is 30.5 Å². The van der Waals surface area contributed by atoms with Gasteiger partial charge in [-0.25, -0.2) is 4.90 Å².